The normalized spacial score (nSPS) is 10.3. The highest BCUT2D eigenvalue weighted by molar-refractivity contribution is 7.98. The van der Waals surface area contributed by atoms with Gasteiger partial charge < -0.3 is 24.3 Å². The third-order valence-corrected chi connectivity index (χ3v) is 4.95. The molecule has 1 N–H and O–H groups in total. The van der Waals surface area contributed by atoms with Gasteiger partial charge in [-0.05, 0) is 18.2 Å². The van der Waals surface area contributed by atoms with E-state index in [4.69, 9.17) is 18.9 Å². The summed E-state index contributed by atoms with van der Waals surface area (Å²) in [5.41, 5.74) is 1.22. The number of pyridine rings is 1. The summed E-state index contributed by atoms with van der Waals surface area (Å²) in [6, 6.07) is 8.61. The monoisotopic (exact) mass is 442 g/mol. The van der Waals surface area contributed by atoms with Gasteiger partial charge in [0.25, 0.3) is 5.91 Å². The third kappa shape index (κ3) is 6.22. The van der Waals surface area contributed by atoms with Gasteiger partial charge in [-0.25, -0.2) is 9.97 Å². The quantitative estimate of drug-likeness (QED) is 0.374. The molecule has 0 saturated heterocycles. The number of carbonyl (C=O) groups is 1. The first-order valence-electron chi connectivity index (χ1n) is 9.20. The van der Waals surface area contributed by atoms with Crippen LogP contribution in [0.25, 0.3) is 0 Å². The number of anilines is 1. The number of benzene rings is 1. The van der Waals surface area contributed by atoms with Crippen molar-refractivity contribution in [3.63, 3.8) is 0 Å². The zero-order valence-corrected chi connectivity index (χ0v) is 18.1. The minimum absolute atomic E-state index is 0.227. The number of hydrogen-bond donors (Lipinski definition) is 1. The van der Waals surface area contributed by atoms with Crippen LogP contribution in [-0.2, 0) is 10.5 Å². The van der Waals surface area contributed by atoms with Crippen LogP contribution >= 0.6 is 11.8 Å². The molecule has 0 bridgehead atoms. The molecule has 2 aromatic heterocycles. The topological polar surface area (TPSA) is 105 Å². The maximum atomic E-state index is 12.4. The van der Waals surface area contributed by atoms with Crippen LogP contribution in [-0.4, -0.2) is 48.8 Å². The highest BCUT2D eigenvalue weighted by Crippen LogP contribution is 2.30. The molecule has 0 fully saturated rings. The van der Waals surface area contributed by atoms with E-state index in [0.717, 1.165) is 5.69 Å². The lowest BCUT2D eigenvalue weighted by molar-refractivity contribution is -0.118. The molecule has 0 aliphatic rings. The van der Waals surface area contributed by atoms with Gasteiger partial charge in [0.05, 0.1) is 38.9 Å². The summed E-state index contributed by atoms with van der Waals surface area (Å²) >= 11 is 1.44. The van der Waals surface area contributed by atoms with E-state index in [1.807, 2.05) is 0 Å². The molecule has 31 heavy (non-hydrogen) atoms. The number of methoxy groups -OCH3 is 3. The minimum atomic E-state index is -0.362. The fraction of sp³-hybridized carbons (Fsp3) is 0.238. The standard InChI is InChI=1S/C21H22N4O5S/c1-27-15-5-6-17(28-2)16(10-15)25-20(26)12-30-18-9-14(24-11-19(18)29-3)13-31-21-22-7-4-8-23-21/h4-11H,12-13H2,1-3H3,(H,25,26). The van der Waals surface area contributed by atoms with Crippen LogP contribution in [0, 0.1) is 0 Å². The van der Waals surface area contributed by atoms with E-state index in [2.05, 4.69) is 20.3 Å². The molecule has 1 aromatic carbocycles. The lowest BCUT2D eigenvalue weighted by atomic mass is 10.2. The summed E-state index contributed by atoms with van der Waals surface area (Å²) in [4.78, 5) is 25.1. The zero-order chi connectivity index (χ0) is 22.1. The molecule has 0 aliphatic heterocycles. The van der Waals surface area contributed by atoms with Gasteiger partial charge in [-0.3, -0.25) is 9.78 Å². The van der Waals surface area contributed by atoms with Crippen molar-refractivity contribution in [2.45, 2.75) is 10.9 Å². The minimum Gasteiger partial charge on any atom is -0.497 e. The molecule has 0 spiro atoms. The number of ether oxygens (including phenoxy) is 4. The second-order valence-electron chi connectivity index (χ2n) is 6.05. The maximum Gasteiger partial charge on any atom is 0.262 e. The molecular weight excluding hydrogens is 420 g/mol. The Hall–Kier alpha value is -3.53. The van der Waals surface area contributed by atoms with Crippen molar-refractivity contribution in [3.05, 3.63) is 54.6 Å². The smallest absolute Gasteiger partial charge is 0.262 e. The first-order valence-corrected chi connectivity index (χ1v) is 10.2. The first-order chi connectivity index (χ1) is 15.1. The Balaban J connectivity index is 1.64. The summed E-state index contributed by atoms with van der Waals surface area (Å²) in [6.45, 7) is -0.227. The third-order valence-electron chi connectivity index (χ3n) is 4.04. The summed E-state index contributed by atoms with van der Waals surface area (Å²) in [5, 5.41) is 3.41. The lowest BCUT2D eigenvalue weighted by Gasteiger charge is -2.14. The van der Waals surface area contributed by atoms with Crippen molar-refractivity contribution in [2.75, 3.05) is 33.3 Å². The fourth-order valence-electron chi connectivity index (χ4n) is 2.55. The molecule has 0 saturated carbocycles. The number of rotatable bonds is 10. The van der Waals surface area contributed by atoms with Crippen molar-refractivity contribution in [3.8, 4) is 23.0 Å². The Bertz CT molecular complexity index is 1020. The second kappa shape index (κ2) is 11.0. The average Bonchev–Trinajstić information content (AvgIpc) is 2.82. The van der Waals surface area contributed by atoms with E-state index in [1.165, 1.54) is 26.0 Å². The van der Waals surface area contributed by atoms with Gasteiger partial charge in [-0.15, -0.1) is 0 Å². The summed E-state index contributed by atoms with van der Waals surface area (Å²) in [6.07, 6.45) is 4.92. The van der Waals surface area contributed by atoms with Crippen LogP contribution < -0.4 is 24.3 Å². The maximum absolute atomic E-state index is 12.4. The van der Waals surface area contributed by atoms with Gasteiger partial charge >= 0.3 is 0 Å². The highest BCUT2D eigenvalue weighted by atomic mass is 32.2. The molecule has 1 amide bonds. The molecule has 10 heteroatoms. The number of aromatic nitrogens is 3. The molecule has 2 heterocycles. The Labute approximate surface area is 184 Å². The van der Waals surface area contributed by atoms with Crippen molar-refractivity contribution in [2.24, 2.45) is 0 Å². The number of carbonyl (C=O) groups excluding carboxylic acids is 1. The first kappa shape index (κ1) is 22.2. The second-order valence-corrected chi connectivity index (χ2v) is 6.99. The Morgan fingerprint density at radius 2 is 1.74 bits per heavy atom. The van der Waals surface area contributed by atoms with Crippen LogP contribution in [0.5, 0.6) is 23.0 Å². The average molecular weight is 442 g/mol. The van der Waals surface area contributed by atoms with E-state index in [9.17, 15) is 4.79 Å². The Morgan fingerprint density at radius 1 is 0.968 bits per heavy atom. The highest BCUT2D eigenvalue weighted by Gasteiger charge is 2.13. The summed E-state index contributed by atoms with van der Waals surface area (Å²) in [7, 11) is 4.58. The van der Waals surface area contributed by atoms with Crippen LogP contribution in [0.15, 0.2) is 54.1 Å². The molecule has 0 radical (unpaired) electrons. The fourth-order valence-corrected chi connectivity index (χ4v) is 3.26. The van der Waals surface area contributed by atoms with E-state index in [1.54, 1.807) is 56.0 Å². The Kier molecular flexibility index (Phi) is 7.88. The number of thioether (sulfide) groups is 1. The van der Waals surface area contributed by atoms with E-state index >= 15 is 0 Å². The van der Waals surface area contributed by atoms with Gasteiger partial charge in [-0.1, -0.05) is 11.8 Å². The van der Waals surface area contributed by atoms with Gasteiger partial charge in [-0.2, -0.15) is 0 Å². The van der Waals surface area contributed by atoms with Gasteiger partial charge in [0, 0.05) is 30.3 Å². The largest absolute Gasteiger partial charge is 0.497 e. The van der Waals surface area contributed by atoms with Crippen LogP contribution in [0.3, 0.4) is 0 Å². The van der Waals surface area contributed by atoms with Crippen molar-refractivity contribution in [1.82, 2.24) is 15.0 Å². The molecule has 162 valence electrons. The SMILES string of the molecule is COc1ccc(OC)c(NC(=O)COc2cc(CSc3ncccn3)ncc2OC)c1. The van der Waals surface area contributed by atoms with E-state index in [-0.39, 0.29) is 12.5 Å². The van der Waals surface area contributed by atoms with E-state index in [0.29, 0.717) is 39.6 Å². The molecule has 9 nitrogen and oxygen atoms in total. The molecule has 0 atom stereocenters. The van der Waals surface area contributed by atoms with Crippen molar-refractivity contribution in [1.29, 1.82) is 0 Å². The van der Waals surface area contributed by atoms with Gasteiger partial charge in [0.15, 0.2) is 23.3 Å². The lowest BCUT2D eigenvalue weighted by Crippen LogP contribution is -2.20. The number of hydrogen-bond acceptors (Lipinski definition) is 9. The molecular formula is C21H22N4O5S. The van der Waals surface area contributed by atoms with Crippen LogP contribution in [0.2, 0.25) is 0 Å². The summed E-state index contributed by atoms with van der Waals surface area (Å²) < 4.78 is 21.5. The predicted molar refractivity (Wildman–Crippen MR) is 116 cm³/mol. The summed E-state index contributed by atoms with van der Waals surface area (Å²) in [5.74, 6) is 2.12. The Morgan fingerprint density at radius 3 is 2.45 bits per heavy atom. The van der Waals surface area contributed by atoms with Crippen molar-refractivity contribution < 1.29 is 23.7 Å². The molecule has 0 unspecified atom stereocenters. The van der Waals surface area contributed by atoms with E-state index < -0.39 is 0 Å². The predicted octanol–water partition coefficient (Wildman–Crippen LogP) is 3.21. The van der Waals surface area contributed by atoms with Crippen LogP contribution in [0.1, 0.15) is 5.69 Å². The van der Waals surface area contributed by atoms with Crippen molar-refractivity contribution >= 4 is 23.4 Å². The molecule has 3 aromatic rings. The molecule has 0 aliphatic carbocycles. The van der Waals surface area contributed by atoms with Gasteiger partial charge in [0.2, 0.25) is 0 Å². The number of amides is 1. The van der Waals surface area contributed by atoms with Crippen LogP contribution in [0.4, 0.5) is 5.69 Å². The zero-order valence-electron chi connectivity index (χ0n) is 17.3. The molecule has 3 rings (SSSR count). The van der Waals surface area contributed by atoms with Gasteiger partial charge in [0.1, 0.15) is 11.5 Å². The number of nitrogens with zero attached hydrogens (tertiary/aromatic N) is 3. The number of nitrogens with one attached hydrogen (secondary N) is 1.